The first-order chi connectivity index (χ1) is 9.45. The van der Waals surface area contributed by atoms with Crippen molar-refractivity contribution in [1.29, 1.82) is 0 Å². The Kier molecular flexibility index (Phi) is 8.37. The molecule has 0 bridgehead atoms. The molecule has 3 rings (SSSR count). The smallest absolute Gasteiger partial charge is 0.214 e. The minimum absolute atomic E-state index is 0. The van der Waals surface area contributed by atoms with Gasteiger partial charge in [0.15, 0.2) is 12.4 Å². The molecule has 1 nitrogen and oxygen atoms in total. The molecule has 0 N–H and O–H groups in total. The van der Waals surface area contributed by atoms with Crippen LogP contribution in [-0.4, -0.2) is 0 Å². The maximum Gasteiger partial charge on any atom is 2.00 e. The number of hydrogen-bond donors (Lipinski definition) is 0. The zero-order valence-corrected chi connectivity index (χ0v) is 12.6. The van der Waals surface area contributed by atoms with Crippen molar-refractivity contribution >= 4 is 0 Å². The van der Waals surface area contributed by atoms with Gasteiger partial charge in [-0.2, -0.15) is 35.9 Å². The zero-order valence-electron chi connectivity index (χ0n) is 11.5. The molecular weight excluding hydrogens is 286 g/mol. The van der Waals surface area contributed by atoms with Gasteiger partial charge in [-0.25, -0.2) is 28.8 Å². The molecule has 0 aliphatic rings. The number of rotatable bonds is 4. The van der Waals surface area contributed by atoms with Gasteiger partial charge in [0.2, 0.25) is 0 Å². The van der Waals surface area contributed by atoms with Gasteiger partial charge >= 0.3 is 17.1 Å². The van der Waals surface area contributed by atoms with Gasteiger partial charge in [-0.05, 0) is 6.42 Å². The van der Waals surface area contributed by atoms with Gasteiger partial charge in [-0.1, -0.05) is 6.07 Å². The van der Waals surface area contributed by atoms with E-state index >= 15 is 0 Å². The Morgan fingerprint density at radius 3 is 2.15 bits per heavy atom. The summed E-state index contributed by atoms with van der Waals surface area (Å²) in [5, 5.41) is 0. The first kappa shape index (κ1) is 16.4. The summed E-state index contributed by atoms with van der Waals surface area (Å²) in [5.41, 5.74) is 1.45. The van der Waals surface area contributed by atoms with Crippen LogP contribution in [0.15, 0.2) is 85.2 Å². The molecule has 104 valence electrons. The van der Waals surface area contributed by atoms with Crippen LogP contribution in [0.4, 0.5) is 0 Å². The van der Waals surface area contributed by atoms with E-state index in [1.165, 1.54) is 18.4 Å². The van der Waals surface area contributed by atoms with Crippen molar-refractivity contribution in [2.24, 2.45) is 0 Å². The second-order valence-electron chi connectivity index (χ2n) is 4.47. The molecule has 3 aromatic rings. The molecule has 0 saturated heterocycles. The fourth-order valence-electron chi connectivity index (χ4n) is 1.95. The van der Waals surface area contributed by atoms with E-state index in [9.17, 15) is 0 Å². The van der Waals surface area contributed by atoms with E-state index in [0.717, 1.165) is 6.54 Å². The Balaban J connectivity index is 0.000000283. The molecule has 1 heterocycles. The summed E-state index contributed by atoms with van der Waals surface area (Å²) >= 11 is 0. The molecule has 0 radical (unpaired) electrons. The van der Waals surface area contributed by atoms with E-state index in [4.69, 9.17) is 0 Å². The average Bonchev–Trinajstić information content (AvgIpc) is 3.16. The quantitative estimate of drug-likeness (QED) is 0.393. The summed E-state index contributed by atoms with van der Waals surface area (Å²) in [6.45, 7) is 1.10. The van der Waals surface area contributed by atoms with Crippen LogP contribution in [-0.2, 0) is 30.0 Å². The Morgan fingerprint density at radius 1 is 0.850 bits per heavy atom. The molecule has 20 heavy (non-hydrogen) atoms. The van der Waals surface area contributed by atoms with Gasteiger partial charge in [0.25, 0.3) is 0 Å². The third-order valence-electron chi connectivity index (χ3n) is 2.95. The first-order valence-electron chi connectivity index (χ1n) is 6.76. The third kappa shape index (κ3) is 6.51. The van der Waals surface area contributed by atoms with Gasteiger partial charge in [0, 0.05) is 18.6 Å². The molecule has 0 fully saturated rings. The Labute approximate surface area is 132 Å². The molecule has 2 heteroatoms. The zero-order chi connectivity index (χ0) is 13.2. The van der Waals surface area contributed by atoms with Gasteiger partial charge in [0.1, 0.15) is 6.54 Å². The van der Waals surface area contributed by atoms with E-state index in [-0.39, 0.29) is 17.1 Å². The molecule has 0 unspecified atom stereocenters. The minimum Gasteiger partial charge on any atom is -0.214 e. The summed E-state index contributed by atoms with van der Waals surface area (Å²) in [6.07, 6.45) is 6.61. The van der Waals surface area contributed by atoms with E-state index in [1.807, 2.05) is 36.4 Å². The number of nitrogens with zero attached hydrogens (tertiary/aromatic N) is 1. The van der Waals surface area contributed by atoms with Crippen molar-refractivity contribution in [2.75, 3.05) is 0 Å². The van der Waals surface area contributed by atoms with Crippen molar-refractivity contribution < 1.29 is 21.6 Å². The summed E-state index contributed by atoms with van der Waals surface area (Å²) < 4.78 is 2.23. The van der Waals surface area contributed by atoms with Crippen molar-refractivity contribution in [2.45, 2.75) is 19.4 Å². The predicted octanol–water partition coefficient (Wildman–Crippen LogP) is 3.73. The van der Waals surface area contributed by atoms with Gasteiger partial charge in [-0.3, -0.25) is 0 Å². The van der Waals surface area contributed by atoms with E-state index in [0.29, 0.717) is 0 Å². The second-order valence-corrected chi connectivity index (χ2v) is 4.47. The Hall–Kier alpha value is -1.63. The summed E-state index contributed by atoms with van der Waals surface area (Å²) in [4.78, 5) is 0. The van der Waals surface area contributed by atoms with E-state index in [2.05, 4.69) is 53.4 Å². The third-order valence-corrected chi connectivity index (χ3v) is 2.95. The molecule has 0 spiro atoms. The standard InChI is InChI=1S/C13H15N.C5H5.Fe/c1-4-10-14(11-5-1)12-6-9-13-7-2-3-8-13;1-2-4-5-3-1;/h1-5,7-8,10-11H,6,9,12H2;1-5H;/q;-1;+2. The molecule has 0 amide bonds. The van der Waals surface area contributed by atoms with Gasteiger partial charge in [-0.15, -0.1) is 0 Å². The van der Waals surface area contributed by atoms with Crippen LogP contribution >= 0.6 is 0 Å². The van der Waals surface area contributed by atoms with Crippen LogP contribution in [0.25, 0.3) is 0 Å². The van der Waals surface area contributed by atoms with Crippen LogP contribution in [0.2, 0.25) is 0 Å². The monoisotopic (exact) mass is 306 g/mol. The number of hydrogen-bond acceptors (Lipinski definition) is 0. The van der Waals surface area contributed by atoms with E-state index < -0.39 is 0 Å². The normalized spacial score (nSPS) is 9.20. The first-order valence-corrected chi connectivity index (χ1v) is 6.76. The van der Waals surface area contributed by atoms with Crippen molar-refractivity contribution in [3.63, 3.8) is 0 Å². The number of aryl methyl sites for hydroxylation is 2. The maximum atomic E-state index is 2.23. The summed E-state index contributed by atoms with van der Waals surface area (Å²) in [6, 6.07) is 24.8. The molecule has 0 atom stereocenters. The second kappa shape index (κ2) is 10.2. The molecular formula is C18H20FeN+. The maximum absolute atomic E-state index is 2.23. The van der Waals surface area contributed by atoms with Crippen LogP contribution in [0.1, 0.15) is 12.0 Å². The molecule has 0 aliphatic carbocycles. The predicted molar refractivity (Wildman–Crippen MR) is 79.0 cm³/mol. The van der Waals surface area contributed by atoms with Gasteiger partial charge < -0.3 is 0 Å². The molecule has 2 aromatic carbocycles. The van der Waals surface area contributed by atoms with Crippen LogP contribution < -0.4 is 4.57 Å². The van der Waals surface area contributed by atoms with Gasteiger partial charge in [0.05, 0.1) is 0 Å². The number of aromatic nitrogens is 1. The fourth-order valence-corrected chi connectivity index (χ4v) is 1.95. The van der Waals surface area contributed by atoms with Crippen molar-refractivity contribution in [3.05, 3.63) is 90.8 Å². The SMILES string of the molecule is [Fe+2].c1cc[cH-]c1.c1cc[n+](CCCc2ccc[cH-]2)cc1. The molecule has 0 aliphatic heterocycles. The minimum atomic E-state index is 0. The fraction of sp³-hybridized carbons (Fsp3) is 0.167. The topological polar surface area (TPSA) is 3.88 Å². The average molecular weight is 306 g/mol. The number of pyridine rings is 1. The molecule has 1 aromatic heterocycles. The largest absolute Gasteiger partial charge is 2.00 e. The summed E-state index contributed by atoms with van der Waals surface area (Å²) in [7, 11) is 0. The molecule has 0 saturated carbocycles. The van der Waals surface area contributed by atoms with Crippen molar-refractivity contribution in [3.8, 4) is 0 Å². The Morgan fingerprint density at radius 2 is 1.60 bits per heavy atom. The van der Waals surface area contributed by atoms with Crippen LogP contribution in [0.5, 0.6) is 0 Å². The Bertz CT molecular complexity index is 495. The summed E-state index contributed by atoms with van der Waals surface area (Å²) in [5.74, 6) is 0. The van der Waals surface area contributed by atoms with Crippen LogP contribution in [0, 0.1) is 0 Å². The van der Waals surface area contributed by atoms with Crippen LogP contribution in [0.3, 0.4) is 0 Å². The van der Waals surface area contributed by atoms with E-state index in [1.54, 1.807) is 0 Å². The van der Waals surface area contributed by atoms with Crippen molar-refractivity contribution in [1.82, 2.24) is 0 Å².